The number of para-hydroxylation sites is 2. The van der Waals surface area contributed by atoms with Crippen LogP contribution in [0.2, 0.25) is 0 Å². The molecule has 1 aromatic carbocycles. The lowest BCUT2D eigenvalue weighted by atomic mass is 10.1. The molecule has 5 heterocycles. The van der Waals surface area contributed by atoms with Gasteiger partial charge in [0.15, 0.2) is 5.82 Å². The van der Waals surface area contributed by atoms with Gasteiger partial charge in [0.2, 0.25) is 11.9 Å². The molecule has 14 heteroatoms. The van der Waals surface area contributed by atoms with Gasteiger partial charge in [-0.15, -0.1) is 0 Å². The van der Waals surface area contributed by atoms with Crippen molar-refractivity contribution in [3.05, 3.63) is 36.2 Å². The number of ether oxygens (including phenoxy) is 2. The molecule has 3 aromatic rings. The average molecular weight is 572 g/mol. The third-order valence-corrected chi connectivity index (χ3v) is 7.95. The summed E-state index contributed by atoms with van der Waals surface area (Å²) in [5.41, 5.74) is 7.13. The van der Waals surface area contributed by atoms with E-state index in [-0.39, 0.29) is 29.8 Å². The van der Waals surface area contributed by atoms with Gasteiger partial charge in [-0.05, 0) is 19.1 Å². The maximum atomic E-state index is 14.1. The molecule has 3 fully saturated rings. The zero-order valence-corrected chi connectivity index (χ0v) is 23.0. The molecule has 41 heavy (non-hydrogen) atoms. The number of nitrogens with two attached hydrogens (primary N) is 1. The van der Waals surface area contributed by atoms with Gasteiger partial charge in [-0.2, -0.15) is 9.97 Å². The van der Waals surface area contributed by atoms with E-state index in [0.29, 0.717) is 69.5 Å². The fourth-order valence-corrected chi connectivity index (χ4v) is 5.73. The van der Waals surface area contributed by atoms with E-state index >= 15 is 0 Å². The van der Waals surface area contributed by atoms with Gasteiger partial charge in [0.25, 0.3) is 6.43 Å². The predicted octanol–water partition coefficient (Wildman–Crippen LogP) is 1.26. The first-order valence-corrected chi connectivity index (χ1v) is 14.0. The molecule has 3 atom stereocenters. The minimum Gasteiger partial charge on any atom is -0.378 e. The first kappa shape index (κ1) is 27.7. The lowest BCUT2D eigenvalue weighted by molar-refractivity contribution is -0.133. The highest BCUT2D eigenvalue weighted by Crippen LogP contribution is 2.29. The van der Waals surface area contributed by atoms with E-state index in [4.69, 9.17) is 15.2 Å². The summed E-state index contributed by atoms with van der Waals surface area (Å²) in [4.78, 5) is 33.0. The van der Waals surface area contributed by atoms with Gasteiger partial charge in [0, 0.05) is 51.4 Å². The van der Waals surface area contributed by atoms with Gasteiger partial charge in [-0.25, -0.2) is 13.8 Å². The Morgan fingerprint density at radius 2 is 1.73 bits per heavy atom. The number of hydrogen-bond acceptors (Lipinski definition) is 10. The molecule has 0 saturated carbocycles. The van der Waals surface area contributed by atoms with E-state index < -0.39 is 18.3 Å². The zero-order valence-electron chi connectivity index (χ0n) is 23.0. The fourth-order valence-electron chi connectivity index (χ4n) is 5.73. The van der Waals surface area contributed by atoms with Crippen molar-refractivity contribution in [1.29, 1.82) is 0 Å². The quantitative estimate of drug-likeness (QED) is 0.428. The predicted molar refractivity (Wildman–Crippen MR) is 148 cm³/mol. The summed E-state index contributed by atoms with van der Waals surface area (Å²) in [6.07, 6.45) is -2.81. The number of nitrogens with one attached hydrogen (secondary N) is 1. The van der Waals surface area contributed by atoms with Crippen LogP contribution < -0.4 is 16.0 Å². The van der Waals surface area contributed by atoms with Crippen molar-refractivity contribution >= 4 is 28.7 Å². The van der Waals surface area contributed by atoms with Crippen LogP contribution in [0.1, 0.15) is 19.2 Å². The van der Waals surface area contributed by atoms with Gasteiger partial charge in [-0.1, -0.05) is 12.1 Å². The zero-order chi connectivity index (χ0) is 28.5. The second-order valence-electron chi connectivity index (χ2n) is 10.6. The highest BCUT2D eigenvalue weighted by atomic mass is 19.3. The Kier molecular flexibility index (Phi) is 7.97. The monoisotopic (exact) mass is 571 g/mol. The summed E-state index contributed by atoms with van der Waals surface area (Å²) in [5.74, 6) is 0.493. The molecule has 3 aliphatic rings. The number of hydrogen-bond donors (Lipinski definition) is 2. The molecule has 0 aliphatic carbocycles. The van der Waals surface area contributed by atoms with Crippen LogP contribution in [0.15, 0.2) is 30.3 Å². The smallest absolute Gasteiger partial charge is 0.296 e. The standard InChI is InChI=1S/C27H35F2N9O3/c1-17(26(39)37-8-6-35(7-9-37)21-16-41-15-18(21)30)31-27-33-22(36-10-12-40-13-11-36)14-23(34-27)38-20-5-3-2-4-19(20)32-25(38)24(28)29/h2-5,14,17-18,21,24H,6-13,15-16,30H2,1H3,(H,31,33,34)/t17-,18?,21?/m0/s1. The number of fused-ring (bicyclic) bond motifs is 1. The number of morpholine rings is 1. The molecule has 0 radical (unpaired) electrons. The van der Waals surface area contributed by atoms with Crippen LogP contribution in [0.4, 0.5) is 20.5 Å². The van der Waals surface area contributed by atoms with Crippen LogP contribution in [0.25, 0.3) is 16.9 Å². The first-order valence-electron chi connectivity index (χ1n) is 14.0. The summed E-state index contributed by atoms with van der Waals surface area (Å²) in [5, 5.41) is 3.14. The van der Waals surface area contributed by atoms with Gasteiger partial charge in [-0.3, -0.25) is 14.3 Å². The number of nitrogens with zero attached hydrogens (tertiary/aromatic N) is 7. The maximum Gasteiger partial charge on any atom is 0.296 e. The molecular formula is C27H35F2N9O3. The number of imidazole rings is 1. The second kappa shape index (κ2) is 11.8. The molecule has 0 bridgehead atoms. The molecule has 3 aliphatic heterocycles. The summed E-state index contributed by atoms with van der Waals surface area (Å²) in [7, 11) is 0. The molecule has 6 rings (SSSR count). The average Bonchev–Trinajstić information content (AvgIpc) is 3.61. The molecule has 220 valence electrons. The Morgan fingerprint density at radius 3 is 2.44 bits per heavy atom. The third kappa shape index (κ3) is 5.69. The Balaban J connectivity index is 1.25. The first-order chi connectivity index (χ1) is 19.9. The molecule has 3 saturated heterocycles. The van der Waals surface area contributed by atoms with E-state index in [1.54, 1.807) is 37.3 Å². The Labute approximate surface area is 236 Å². The van der Waals surface area contributed by atoms with Gasteiger partial charge in [0.05, 0.1) is 43.5 Å². The van der Waals surface area contributed by atoms with Crippen LogP contribution in [-0.4, -0.2) is 119 Å². The lowest BCUT2D eigenvalue weighted by Gasteiger charge is -2.39. The Bertz CT molecular complexity index is 1380. The minimum atomic E-state index is -2.81. The number of aromatic nitrogens is 4. The number of rotatable bonds is 7. The maximum absolute atomic E-state index is 14.1. The van der Waals surface area contributed by atoms with Gasteiger partial charge < -0.3 is 30.3 Å². The lowest BCUT2D eigenvalue weighted by Crippen LogP contribution is -2.57. The molecule has 0 spiro atoms. The van der Waals surface area contributed by atoms with Crippen LogP contribution in [-0.2, 0) is 14.3 Å². The number of anilines is 2. The van der Waals surface area contributed by atoms with Crippen molar-refractivity contribution in [2.75, 3.05) is 75.9 Å². The van der Waals surface area contributed by atoms with Crippen LogP contribution in [0, 0.1) is 0 Å². The van der Waals surface area contributed by atoms with E-state index in [1.807, 2.05) is 9.80 Å². The Morgan fingerprint density at radius 1 is 1.00 bits per heavy atom. The van der Waals surface area contributed by atoms with E-state index in [1.165, 1.54) is 4.57 Å². The number of halogens is 2. The normalized spacial score (nSPS) is 23.0. The van der Waals surface area contributed by atoms with Crippen LogP contribution in [0.5, 0.6) is 0 Å². The van der Waals surface area contributed by atoms with Crippen molar-refractivity contribution < 1.29 is 23.0 Å². The number of carbonyl (C=O) groups excluding carboxylic acids is 1. The fraction of sp³-hybridized carbons (Fsp3) is 0.556. The highest BCUT2D eigenvalue weighted by molar-refractivity contribution is 5.84. The summed E-state index contributed by atoms with van der Waals surface area (Å²) >= 11 is 0. The van der Waals surface area contributed by atoms with E-state index in [2.05, 4.69) is 25.2 Å². The number of amides is 1. The molecular weight excluding hydrogens is 536 g/mol. The number of carbonyl (C=O) groups is 1. The second-order valence-corrected chi connectivity index (χ2v) is 10.6. The van der Waals surface area contributed by atoms with E-state index in [9.17, 15) is 13.6 Å². The van der Waals surface area contributed by atoms with E-state index in [0.717, 1.165) is 13.1 Å². The number of alkyl halides is 2. The van der Waals surface area contributed by atoms with Crippen LogP contribution >= 0.6 is 0 Å². The summed E-state index contributed by atoms with van der Waals surface area (Å²) < 4.78 is 40.6. The van der Waals surface area contributed by atoms with Crippen molar-refractivity contribution in [1.82, 2.24) is 29.3 Å². The SMILES string of the molecule is C[C@H](Nc1nc(N2CCOCC2)cc(-n2c(C(F)F)nc3ccccc32)n1)C(=O)N1CCN(C2COCC2N)CC1. The highest BCUT2D eigenvalue weighted by Gasteiger charge is 2.34. The van der Waals surface area contributed by atoms with Crippen molar-refractivity contribution in [3.63, 3.8) is 0 Å². The van der Waals surface area contributed by atoms with Crippen molar-refractivity contribution in [2.45, 2.75) is 31.5 Å². The largest absolute Gasteiger partial charge is 0.378 e. The molecule has 2 unspecified atom stereocenters. The number of benzene rings is 1. The number of piperazine rings is 1. The molecule has 2 aromatic heterocycles. The van der Waals surface area contributed by atoms with Gasteiger partial charge >= 0.3 is 0 Å². The van der Waals surface area contributed by atoms with Crippen molar-refractivity contribution in [3.8, 4) is 5.82 Å². The topological polar surface area (TPSA) is 127 Å². The third-order valence-electron chi connectivity index (χ3n) is 7.95. The van der Waals surface area contributed by atoms with Crippen LogP contribution in [0.3, 0.4) is 0 Å². The molecule has 12 nitrogen and oxygen atoms in total. The molecule has 1 amide bonds. The summed E-state index contributed by atoms with van der Waals surface area (Å²) in [6.45, 7) is 7.77. The summed E-state index contributed by atoms with van der Waals surface area (Å²) in [6, 6.07) is 8.15. The van der Waals surface area contributed by atoms with Crippen molar-refractivity contribution in [2.24, 2.45) is 5.73 Å². The van der Waals surface area contributed by atoms with Gasteiger partial charge in [0.1, 0.15) is 17.7 Å². The minimum absolute atomic E-state index is 0.0128. The Hall–Kier alpha value is -3.46. The molecule has 3 N–H and O–H groups in total.